The Kier molecular flexibility index (Phi) is 10.1. The molecule has 210 valence electrons. The minimum Gasteiger partial charge on any atom is -0.354 e. The largest absolute Gasteiger partial charge is 0.354 e. The van der Waals surface area contributed by atoms with Crippen LogP contribution in [0.25, 0.3) is 6.08 Å². The number of nitrogens with one attached hydrogen (secondary N) is 1. The van der Waals surface area contributed by atoms with Gasteiger partial charge in [0.2, 0.25) is 0 Å². The molecule has 4 aromatic rings. The molecule has 0 spiro atoms. The monoisotopic (exact) mass is 583 g/mol. The van der Waals surface area contributed by atoms with Crippen LogP contribution >= 0.6 is 23.4 Å². The van der Waals surface area contributed by atoms with Crippen molar-refractivity contribution in [2.45, 2.75) is 23.9 Å². The predicted octanol–water partition coefficient (Wildman–Crippen LogP) is 6.75. The predicted molar refractivity (Wildman–Crippen MR) is 169 cm³/mol. The minimum atomic E-state index is -0.0873. The lowest BCUT2D eigenvalue weighted by Gasteiger charge is -2.35. The van der Waals surface area contributed by atoms with E-state index in [-0.39, 0.29) is 11.9 Å². The van der Waals surface area contributed by atoms with E-state index in [1.54, 1.807) is 11.8 Å². The van der Waals surface area contributed by atoms with Crippen LogP contribution in [0.1, 0.15) is 40.0 Å². The number of benzene rings is 3. The summed E-state index contributed by atoms with van der Waals surface area (Å²) in [4.78, 5) is 26.7. The number of rotatable bonds is 10. The van der Waals surface area contributed by atoms with E-state index < -0.39 is 0 Å². The molecule has 1 amide bonds. The Balaban J connectivity index is 1.11. The summed E-state index contributed by atoms with van der Waals surface area (Å²) >= 11 is 7.94. The molecule has 0 saturated carbocycles. The van der Waals surface area contributed by atoms with Crippen LogP contribution in [0.4, 0.5) is 5.82 Å². The number of thioether (sulfide) groups is 1. The van der Waals surface area contributed by atoms with Crippen molar-refractivity contribution in [3.8, 4) is 0 Å². The second-order valence-corrected chi connectivity index (χ2v) is 11.4. The Labute approximate surface area is 251 Å². The van der Waals surface area contributed by atoms with Gasteiger partial charge in [-0.15, -0.1) is 0 Å². The van der Waals surface area contributed by atoms with Gasteiger partial charge in [-0.2, -0.15) is 0 Å². The SMILES string of the molecule is CC(NC(=O)c1ccc(CSc2nc(Cl)cc(N3CCN(CC=Cc4ccccc4)CC3)n2)cc1)c1ccccc1. The fourth-order valence-electron chi connectivity index (χ4n) is 4.68. The number of carbonyl (C=O) groups excluding carboxylic acids is 1. The Morgan fingerprint density at radius 1 is 0.951 bits per heavy atom. The average Bonchev–Trinajstić information content (AvgIpc) is 3.01. The summed E-state index contributed by atoms with van der Waals surface area (Å²) in [5, 5.41) is 4.16. The molecule has 6 nitrogen and oxygen atoms in total. The van der Waals surface area contributed by atoms with Crippen LogP contribution in [0.2, 0.25) is 5.15 Å². The Bertz CT molecular complexity index is 1440. The maximum Gasteiger partial charge on any atom is 0.251 e. The molecule has 1 aromatic heterocycles. The van der Waals surface area contributed by atoms with Crippen molar-refractivity contribution in [1.29, 1.82) is 0 Å². The highest BCUT2D eigenvalue weighted by Gasteiger charge is 2.19. The van der Waals surface area contributed by atoms with Crippen molar-refractivity contribution >= 4 is 41.2 Å². The number of nitrogens with zero attached hydrogens (tertiary/aromatic N) is 4. The molecule has 8 heteroatoms. The molecule has 1 aliphatic rings. The molecule has 5 rings (SSSR count). The highest BCUT2D eigenvalue weighted by Crippen LogP contribution is 2.25. The van der Waals surface area contributed by atoms with Gasteiger partial charge in [-0.05, 0) is 35.7 Å². The van der Waals surface area contributed by atoms with E-state index in [0.29, 0.717) is 21.6 Å². The third-order valence-corrected chi connectivity index (χ3v) is 8.17. The van der Waals surface area contributed by atoms with Crippen molar-refractivity contribution in [3.05, 3.63) is 124 Å². The lowest BCUT2D eigenvalue weighted by Crippen LogP contribution is -2.46. The van der Waals surface area contributed by atoms with Gasteiger partial charge in [-0.1, -0.05) is 108 Å². The second kappa shape index (κ2) is 14.3. The van der Waals surface area contributed by atoms with E-state index >= 15 is 0 Å². The van der Waals surface area contributed by atoms with Gasteiger partial charge in [-0.25, -0.2) is 9.97 Å². The lowest BCUT2D eigenvalue weighted by molar-refractivity contribution is 0.0940. The molecule has 1 atom stereocenters. The van der Waals surface area contributed by atoms with E-state index in [1.165, 1.54) is 5.56 Å². The zero-order valence-electron chi connectivity index (χ0n) is 23.1. The molecular formula is C33H34ClN5OS. The Morgan fingerprint density at radius 2 is 1.63 bits per heavy atom. The highest BCUT2D eigenvalue weighted by atomic mass is 35.5. The number of carbonyl (C=O) groups is 1. The molecule has 41 heavy (non-hydrogen) atoms. The molecule has 0 radical (unpaired) electrons. The summed E-state index contributed by atoms with van der Waals surface area (Å²) in [7, 11) is 0. The fraction of sp³-hybridized carbons (Fsp3) is 0.242. The second-order valence-electron chi connectivity index (χ2n) is 10.0. The molecular weight excluding hydrogens is 550 g/mol. The molecule has 1 N–H and O–H groups in total. The molecule has 3 aromatic carbocycles. The van der Waals surface area contributed by atoms with Crippen LogP contribution in [0.3, 0.4) is 0 Å². The molecule has 1 aliphatic heterocycles. The summed E-state index contributed by atoms with van der Waals surface area (Å²) in [5.41, 5.74) is 4.02. The zero-order valence-corrected chi connectivity index (χ0v) is 24.7. The van der Waals surface area contributed by atoms with Crippen molar-refractivity contribution in [2.24, 2.45) is 0 Å². The first-order valence-corrected chi connectivity index (χ1v) is 15.2. The molecule has 0 bridgehead atoms. The number of hydrogen-bond acceptors (Lipinski definition) is 6. The van der Waals surface area contributed by atoms with Crippen LogP contribution in [0.5, 0.6) is 0 Å². The van der Waals surface area contributed by atoms with Gasteiger partial charge >= 0.3 is 0 Å². The highest BCUT2D eigenvalue weighted by molar-refractivity contribution is 7.98. The first-order chi connectivity index (χ1) is 20.0. The van der Waals surface area contributed by atoms with Crippen LogP contribution in [0.15, 0.2) is 102 Å². The van der Waals surface area contributed by atoms with E-state index in [1.807, 2.05) is 73.7 Å². The maximum atomic E-state index is 12.7. The third kappa shape index (κ3) is 8.43. The van der Waals surface area contributed by atoms with Crippen LogP contribution in [-0.2, 0) is 5.75 Å². The zero-order chi connectivity index (χ0) is 28.4. The van der Waals surface area contributed by atoms with Crippen molar-refractivity contribution in [1.82, 2.24) is 20.2 Å². The fourth-order valence-corrected chi connectivity index (χ4v) is 5.72. The lowest BCUT2D eigenvalue weighted by atomic mass is 10.1. The van der Waals surface area contributed by atoms with Gasteiger partial charge in [0.05, 0.1) is 6.04 Å². The summed E-state index contributed by atoms with van der Waals surface area (Å²) in [6.07, 6.45) is 4.40. The average molecular weight is 584 g/mol. The topological polar surface area (TPSA) is 61.4 Å². The van der Waals surface area contributed by atoms with Gasteiger partial charge in [0.25, 0.3) is 5.91 Å². The molecule has 0 aliphatic carbocycles. The molecule has 2 heterocycles. The van der Waals surface area contributed by atoms with Gasteiger partial charge in [-0.3, -0.25) is 9.69 Å². The Hall–Kier alpha value is -3.65. The number of halogens is 1. The number of amides is 1. The van der Waals surface area contributed by atoms with E-state index in [2.05, 4.69) is 56.5 Å². The van der Waals surface area contributed by atoms with Crippen molar-refractivity contribution in [3.63, 3.8) is 0 Å². The van der Waals surface area contributed by atoms with Gasteiger partial charge in [0.1, 0.15) is 11.0 Å². The smallest absolute Gasteiger partial charge is 0.251 e. The van der Waals surface area contributed by atoms with Crippen LogP contribution in [0, 0.1) is 0 Å². The molecule has 1 saturated heterocycles. The summed E-state index contributed by atoms with van der Waals surface area (Å²) in [5.74, 6) is 1.46. The number of piperazine rings is 1. The molecule has 1 unspecified atom stereocenters. The number of aromatic nitrogens is 2. The van der Waals surface area contributed by atoms with Crippen molar-refractivity contribution in [2.75, 3.05) is 37.6 Å². The Morgan fingerprint density at radius 3 is 2.34 bits per heavy atom. The van der Waals surface area contributed by atoms with Crippen molar-refractivity contribution < 1.29 is 4.79 Å². The summed E-state index contributed by atoms with van der Waals surface area (Å²) in [6.45, 7) is 6.63. The van der Waals surface area contributed by atoms with Crippen LogP contribution < -0.4 is 10.2 Å². The van der Waals surface area contributed by atoms with Crippen LogP contribution in [-0.4, -0.2) is 53.5 Å². The van der Waals surface area contributed by atoms with Gasteiger partial charge < -0.3 is 10.2 Å². The first-order valence-electron chi connectivity index (χ1n) is 13.8. The quantitative estimate of drug-likeness (QED) is 0.127. The number of anilines is 1. The van der Waals surface area contributed by atoms with E-state index in [0.717, 1.165) is 49.7 Å². The standard InChI is InChI=1S/C33H34ClN5OS/c1-25(28-12-6-3-7-13-28)35-32(40)29-16-14-27(15-17-29)24-41-33-36-30(34)23-31(37-33)39-21-19-38(20-22-39)18-8-11-26-9-4-2-5-10-26/h2-17,23,25H,18-22,24H2,1H3,(H,35,40). The summed E-state index contributed by atoms with van der Waals surface area (Å²) < 4.78 is 0. The van der Waals surface area contributed by atoms with Gasteiger partial charge in [0, 0.05) is 50.1 Å². The van der Waals surface area contributed by atoms with E-state index in [9.17, 15) is 4.79 Å². The van der Waals surface area contributed by atoms with Gasteiger partial charge in [0.15, 0.2) is 5.16 Å². The minimum absolute atomic E-state index is 0.0624. The number of hydrogen-bond donors (Lipinski definition) is 1. The molecule has 1 fully saturated rings. The van der Waals surface area contributed by atoms with E-state index in [4.69, 9.17) is 16.6 Å². The first kappa shape index (κ1) is 28.9. The summed E-state index contributed by atoms with van der Waals surface area (Å²) in [6, 6.07) is 29.8. The third-order valence-electron chi connectivity index (χ3n) is 7.06. The maximum absolute atomic E-state index is 12.7. The normalized spacial score (nSPS) is 14.7.